The van der Waals surface area contributed by atoms with Gasteiger partial charge in [0.2, 0.25) is 0 Å². The van der Waals surface area contributed by atoms with E-state index >= 15 is 0 Å². The van der Waals surface area contributed by atoms with Crippen LogP contribution >= 0.6 is 15.9 Å². The molecule has 0 bridgehead atoms. The van der Waals surface area contributed by atoms with Gasteiger partial charge in [0.05, 0.1) is 4.47 Å². The van der Waals surface area contributed by atoms with Gasteiger partial charge in [-0.25, -0.2) is 4.79 Å². The van der Waals surface area contributed by atoms with Crippen molar-refractivity contribution in [2.45, 2.75) is 0 Å². The molecule has 0 fully saturated rings. The summed E-state index contributed by atoms with van der Waals surface area (Å²) in [6.07, 6.45) is 0. The summed E-state index contributed by atoms with van der Waals surface area (Å²) in [7, 11) is 0. The molecule has 0 unspecified atom stereocenters. The molecule has 0 atom stereocenters. The number of hydrogen-bond donors (Lipinski definition) is 0. The summed E-state index contributed by atoms with van der Waals surface area (Å²) in [5.74, 6) is 0.678. The van der Waals surface area contributed by atoms with E-state index in [0.29, 0.717) is 11.5 Å². The predicted molar refractivity (Wildman–Crippen MR) is 89.2 cm³/mol. The van der Waals surface area contributed by atoms with Crippen LogP contribution in [0.4, 0.5) is 0 Å². The number of halogens is 1. The van der Waals surface area contributed by atoms with Gasteiger partial charge in [-0.05, 0) is 51.0 Å². The molecule has 3 aromatic rings. The van der Waals surface area contributed by atoms with Crippen LogP contribution in [0, 0.1) is 0 Å². The molecule has 110 valence electrons. The van der Waals surface area contributed by atoms with Crippen LogP contribution in [-0.2, 0) is 4.79 Å². The normalized spacial score (nSPS) is 10.4. The summed E-state index contributed by atoms with van der Waals surface area (Å²) in [5.41, 5.74) is 0. The highest BCUT2D eigenvalue weighted by atomic mass is 79.9. The van der Waals surface area contributed by atoms with E-state index < -0.39 is 5.97 Å². The molecule has 0 spiro atoms. The second-order valence-corrected chi connectivity index (χ2v) is 5.56. The van der Waals surface area contributed by atoms with Gasteiger partial charge in [-0.1, -0.05) is 42.5 Å². The number of esters is 1. The zero-order chi connectivity index (χ0) is 15.4. The van der Waals surface area contributed by atoms with Crippen molar-refractivity contribution >= 4 is 32.7 Å². The number of benzene rings is 3. The third-order valence-corrected chi connectivity index (χ3v) is 3.79. The minimum atomic E-state index is -0.444. The molecule has 22 heavy (non-hydrogen) atoms. The Labute approximate surface area is 136 Å². The lowest BCUT2D eigenvalue weighted by Gasteiger charge is -2.08. The first-order valence-corrected chi connectivity index (χ1v) is 7.58. The van der Waals surface area contributed by atoms with Crippen molar-refractivity contribution in [1.29, 1.82) is 0 Å². The molecule has 0 heterocycles. The van der Waals surface area contributed by atoms with Crippen LogP contribution in [0.15, 0.2) is 71.2 Å². The largest absolute Gasteiger partial charge is 0.482 e. The van der Waals surface area contributed by atoms with Crippen LogP contribution in [0.2, 0.25) is 0 Å². The van der Waals surface area contributed by atoms with E-state index in [-0.39, 0.29) is 6.61 Å². The second-order valence-electron chi connectivity index (χ2n) is 4.70. The van der Waals surface area contributed by atoms with Crippen LogP contribution in [0.1, 0.15) is 0 Å². The van der Waals surface area contributed by atoms with Crippen LogP contribution < -0.4 is 9.47 Å². The minimum Gasteiger partial charge on any atom is -0.482 e. The lowest BCUT2D eigenvalue weighted by Crippen LogP contribution is -2.17. The maximum absolute atomic E-state index is 11.8. The topological polar surface area (TPSA) is 35.5 Å². The first-order chi connectivity index (χ1) is 10.7. The molecule has 0 aliphatic rings. The number of rotatable bonds is 4. The standard InChI is InChI=1S/C18H13BrO3/c19-16-7-3-4-8-17(16)22-18(20)12-21-15-10-9-13-5-1-2-6-14(13)11-15/h1-11H,12H2. The first-order valence-electron chi connectivity index (χ1n) is 6.79. The van der Waals surface area contributed by atoms with E-state index in [1.165, 1.54) is 0 Å². The van der Waals surface area contributed by atoms with E-state index in [1.54, 1.807) is 12.1 Å². The Bertz CT molecular complexity index is 814. The van der Waals surface area contributed by atoms with E-state index in [9.17, 15) is 4.79 Å². The van der Waals surface area contributed by atoms with Crippen molar-refractivity contribution in [2.24, 2.45) is 0 Å². The molecule has 0 aliphatic carbocycles. The Morgan fingerprint density at radius 2 is 1.64 bits per heavy atom. The lowest BCUT2D eigenvalue weighted by molar-refractivity contribution is -0.136. The van der Waals surface area contributed by atoms with Crippen LogP contribution in [0.3, 0.4) is 0 Å². The Hall–Kier alpha value is -2.33. The van der Waals surface area contributed by atoms with Gasteiger partial charge in [0.25, 0.3) is 0 Å². The van der Waals surface area contributed by atoms with Gasteiger partial charge >= 0.3 is 5.97 Å². The van der Waals surface area contributed by atoms with Crippen molar-refractivity contribution < 1.29 is 14.3 Å². The molecule has 0 saturated heterocycles. The number of carbonyl (C=O) groups excluding carboxylic acids is 1. The fraction of sp³-hybridized carbons (Fsp3) is 0.0556. The third kappa shape index (κ3) is 3.46. The lowest BCUT2D eigenvalue weighted by atomic mass is 10.1. The van der Waals surface area contributed by atoms with Gasteiger partial charge in [-0.2, -0.15) is 0 Å². The quantitative estimate of drug-likeness (QED) is 0.506. The van der Waals surface area contributed by atoms with Crippen molar-refractivity contribution in [1.82, 2.24) is 0 Å². The molecule has 0 radical (unpaired) electrons. The Morgan fingerprint density at radius 3 is 2.45 bits per heavy atom. The highest BCUT2D eigenvalue weighted by Gasteiger charge is 2.08. The smallest absolute Gasteiger partial charge is 0.349 e. The van der Waals surface area contributed by atoms with Crippen LogP contribution in [-0.4, -0.2) is 12.6 Å². The molecule has 3 rings (SSSR count). The Morgan fingerprint density at radius 1 is 0.909 bits per heavy atom. The van der Waals surface area contributed by atoms with Gasteiger partial charge in [-0.3, -0.25) is 0 Å². The van der Waals surface area contributed by atoms with Gasteiger partial charge in [0.15, 0.2) is 6.61 Å². The molecule has 3 aromatic carbocycles. The van der Waals surface area contributed by atoms with Crippen molar-refractivity contribution in [3.63, 3.8) is 0 Å². The highest BCUT2D eigenvalue weighted by molar-refractivity contribution is 9.10. The van der Waals surface area contributed by atoms with Crippen molar-refractivity contribution in [2.75, 3.05) is 6.61 Å². The second kappa shape index (κ2) is 6.62. The molecule has 0 N–H and O–H groups in total. The summed E-state index contributed by atoms with van der Waals surface area (Å²) in [4.78, 5) is 11.8. The number of fused-ring (bicyclic) bond motifs is 1. The molecular formula is C18H13BrO3. The molecule has 0 aromatic heterocycles. The monoisotopic (exact) mass is 356 g/mol. The summed E-state index contributed by atoms with van der Waals surface area (Å²) in [6, 6.07) is 20.9. The van der Waals surface area contributed by atoms with Crippen LogP contribution in [0.25, 0.3) is 10.8 Å². The predicted octanol–water partition coefficient (Wildman–Crippen LogP) is 4.59. The van der Waals surface area contributed by atoms with Gasteiger partial charge < -0.3 is 9.47 Å². The minimum absolute atomic E-state index is 0.139. The van der Waals surface area contributed by atoms with Crippen LogP contribution in [0.5, 0.6) is 11.5 Å². The SMILES string of the molecule is O=C(COc1ccc2ccccc2c1)Oc1ccccc1Br. The van der Waals surface area contributed by atoms with E-state index in [0.717, 1.165) is 15.2 Å². The summed E-state index contributed by atoms with van der Waals surface area (Å²) >= 11 is 3.33. The highest BCUT2D eigenvalue weighted by Crippen LogP contribution is 2.24. The maximum atomic E-state index is 11.8. The maximum Gasteiger partial charge on any atom is 0.349 e. The fourth-order valence-corrected chi connectivity index (χ4v) is 2.44. The molecule has 0 aliphatic heterocycles. The fourth-order valence-electron chi connectivity index (χ4n) is 2.08. The zero-order valence-corrected chi connectivity index (χ0v) is 13.2. The van der Waals surface area contributed by atoms with Crippen molar-refractivity contribution in [3.05, 3.63) is 71.2 Å². The van der Waals surface area contributed by atoms with Gasteiger partial charge in [0.1, 0.15) is 11.5 Å². The summed E-state index contributed by atoms with van der Waals surface area (Å²) in [5, 5.41) is 2.20. The zero-order valence-electron chi connectivity index (χ0n) is 11.7. The third-order valence-electron chi connectivity index (χ3n) is 3.14. The first kappa shape index (κ1) is 14.6. The Balaban J connectivity index is 1.63. The number of hydrogen-bond acceptors (Lipinski definition) is 3. The number of ether oxygens (including phenoxy) is 2. The molecule has 0 saturated carbocycles. The molecule has 3 nitrogen and oxygen atoms in total. The van der Waals surface area contributed by atoms with E-state index in [2.05, 4.69) is 15.9 Å². The molecule has 0 amide bonds. The molecular weight excluding hydrogens is 344 g/mol. The summed E-state index contributed by atoms with van der Waals surface area (Å²) in [6.45, 7) is -0.139. The van der Waals surface area contributed by atoms with Gasteiger partial charge in [0, 0.05) is 0 Å². The Kier molecular flexibility index (Phi) is 4.39. The molecule has 4 heteroatoms. The van der Waals surface area contributed by atoms with E-state index in [4.69, 9.17) is 9.47 Å². The van der Waals surface area contributed by atoms with E-state index in [1.807, 2.05) is 54.6 Å². The number of carbonyl (C=O) groups is 1. The summed E-state index contributed by atoms with van der Waals surface area (Å²) < 4.78 is 11.5. The van der Waals surface area contributed by atoms with Crippen molar-refractivity contribution in [3.8, 4) is 11.5 Å². The average molecular weight is 357 g/mol. The van der Waals surface area contributed by atoms with Gasteiger partial charge in [-0.15, -0.1) is 0 Å². The average Bonchev–Trinajstić information content (AvgIpc) is 2.55. The number of para-hydroxylation sites is 1.